The Balaban J connectivity index is 2.04. The number of carbonyl (C=O) groups is 1. The van der Waals surface area contributed by atoms with Gasteiger partial charge in [0.1, 0.15) is 0 Å². The van der Waals surface area contributed by atoms with Crippen LogP contribution in [0.1, 0.15) is 49.5 Å². The number of nitrogens with one attached hydrogen (secondary N) is 1. The van der Waals surface area contributed by atoms with E-state index in [1.54, 1.807) is 5.38 Å². The first-order valence-electron chi connectivity index (χ1n) is 5.56. The van der Waals surface area contributed by atoms with Gasteiger partial charge >= 0.3 is 5.97 Å². The van der Waals surface area contributed by atoms with Crippen molar-refractivity contribution in [3.05, 3.63) is 11.1 Å². The van der Waals surface area contributed by atoms with E-state index in [1.165, 1.54) is 30.6 Å². The molecule has 0 aromatic carbocycles. The maximum atomic E-state index is 10.7. The number of aromatic carboxylic acids is 1. The van der Waals surface area contributed by atoms with Crippen LogP contribution in [0.25, 0.3) is 0 Å². The van der Waals surface area contributed by atoms with Gasteiger partial charge in [-0.2, -0.15) is 0 Å². The van der Waals surface area contributed by atoms with Gasteiger partial charge in [0, 0.05) is 10.9 Å². The maximum absolute atomic E-state index is 10.7. The minimum absolute atomic E-state index is 0.0892. The topological polar surface area (TPSA) is 62.2 Å². The fourth-order valence-electron chi connectivity index (χ4n) is 2.14. The molecule has 2 rings (SSSR count). The van der Waals surface area contributed by atoms with Crippen LogP contribution < -0.4 is 5.32 Å². The van der Waals surface area contributed by atoms with Crippen molar-refractivity contribution in [2.45, 2.75) is 44.6 Å². The molecule has 1 saturated carbocycles. The Morgan fingerprint density at radius 3 is 2.75 bits per heavy atom. The third kappa shape index (κ3) is 2.52. The molecule has 0 bridgehead atoms. The van der Waals surface area contributed by atoms with Gasteiger partial charge in [-0.05, 0) is 19.8 Å². The van der Waals surface area contributed by atoms with Gasteiger partial charge in [0.2, 0.25) is 0 Å². The Morgan fingerprint density at radius 2 is 2.19 bits per heavy atom. The first kappa shape index (κ1) is 11.4. The molecule has 1 aliphatic carbocycles. The largest absolute Gasteiger partial charge is 0.476 e. The summed E-state index contributed by atoms with van der Waals surface area (Å²) in [5, 5.41) is 14.5. The van der Waals surface area contributed by atoms with Gasteiger partial charge in [-0.25, -0.2) is 9.78 Å². The summed E-state index contributed by atoms with van der Waals surface area (Å²) in [5.74, 6) is -0.960. The lowest BCUT2D eigenvalue weighted by atomic mass is 9.83. The van der Waals surface area contributed by atoms with E-state index in [9.17, 15) is 4.79 Å². The summed E-state index contributed by atoms with van der Waals surface area (Å²) in [4.78, 5) is 14.8. The Kier molecular flexibility index (Phi) is 3.14. The number of nitrogens with zero attached hydrogens (tertiary/aromatic N) is 1. The van der Waals surface area contributed by atoms with Crippen molar-refractivity contribution in [2.75, 3.05) is 5.32 Å². The molecule has 0 radical (unpaired) electrons. The number of aromatic nitrogens is 1. The SMILES string of the molecule is CC1(Nc2nc(C(=O)O)cs2)CCCCC1. The summed E-state index contributed by atoms with van der Waals surface area (Å²) in [5.41, 5.74) is 0.221. The fraction of sp³-hybridized carbons (Fsp3) is 0.636. The highest BCUT2D eigenvalue weighted by Gasteiger charge is 2.27. The number of anilines is 1. The van der Waals surface area contributed by atoms with E-state index in [4.69, 9.17) is 5.11 Å². The lowest BCUT2D eigenvalue weighted by Crippen LogP contribution is -2.36. The molecule has 88 valence electrons. The molecular weight excluding hydrogens is 224 g/mol. The molecule has 1 heterocycles. The minimum Gasteiger partial charge on any atom is -0.476 e. The molecule has 1 fully saturated rings. The average molecular weight is 240 g/mol. The third-order valence-corrected chi connectivity index (χ3v) is 3.85. The smallest absolute Gasteiger partial charge is 0.355 e. The Morgan fingerprint density at radius 1 is 1.50 bits per heavy atom. The summed E-state index contributed by atoms with van der Waals surface area (Å²) in [6.45, 7) is 2.19. The molecule has 0 spiro atoms. The number of hydrogen-bond donors (Lipinski definition) is 2. The van der Waals surface area contributed by atoms with Gasteiger partial charge in [-0.1, -0.05) is 19.3 Å². The molecule has 1 aromatic rings. The van der Waals surface area contributed by atoms with Crippen molar-refractivity contribution in [1.29, 1.82) is 0 Å². The van der Waals surface area contributed by atoms with Crippen LogP contribution in [0.2, 0.25) is 0 Å². The number of rotatable bonds is 3. The predicted molar refractivity (Wildman–Crippen MR) is 64.2 cm³/mol. The highest BCUT2D eigenvalue weighted by atomic mass is 32.1. The molecule has 2 N–H and O–H groups in total. The van der Waals surface area contributed by atoms with E-state index < -0.39 is 5.97 Å². The zero-order valence-electron chi connectivity index (χ0n) is 9.32. The van der Waals surface area contributed by atoms with E-state index in [1.807, 2.05) is 0 Å². The van der Waals surface area contributed by atoms with Crippen LogP contribution in [0.15, 0.2) is 5.38 Å². The van der Waals surface area contributed by atoms with Crippen molar-refractivity contribution in [2.24, 2.45) is 0 Å². The van der Waals surface area contributed by atoms with E-state index >= 15 is 0 Å². The van der Waals surface area contributed by atoms with Crippen LogP contribution >= 0.6 is 11.3 Å². The quantitative estimate of drug-likeness (QED) is 0.852. The standard InChI is InChI=1S/C11H16N2O2S/c1-11(5-3-2-4-6-11)13-10-12-8(7-16-10)9(14)15/h7H,2-6H2,1H3,(H,12,13)(H,14,15). The van der Waals surface area contributed by atoms with Gasteiger partial charge in [0.25, 0.3) is 0 Å². The number of thiazole rings is 1. The lowest BCUT2D eigenvalue weighted by Gasteiger charge is -2.34. The molecule has 1 aliphatic rings. The lowest BCUT2D eigenvalue weighted by molar-refractivity contribution is 0.0691. The van der Waals surface area contributed by atoms with Crippen LogP contribution in [-0.2, 0) is 0 Å². The Hall–Kier alpha value is -1.10. The zero-order valence-corrected chi connectivity index (χ0v) is 10.1. The molecule has 0 saturated heterocycles. The second kappa shape index (κ2) is 4.41. The van der Waals surface area contributed by atoms with Crippen LogP contribution in [-0.4, -0.2) is 21.6 Å². The highest BCUT2D eigenvalue weighted by molar-refractivity contribution is 7.13. The molecule has 0 unspecified atom stereocenters. The van der Waals surface area contributed by atoms with Gasteiger partial charge < -0.3 is 10.4 Å². The maximum Gasteiger partial charge on any atom is 0.355 e. The van der Waals surface area contributed by atoms with Gasteiger partial charge in [0.05, 0.1) is 0 Å². The molecule has 0 atom stereocenters. The summed E-state index contributed by atoms with van der Waals surface area (Å²) >= 11 is 1.37. The first-order chi connectivity index (χ1) is 7.59. The highest BCUT2D eigenvalue weighted by Crippen LogP contribution is 2.32. The minimum atomic E-state index is -0.960. The summed E-state index contributed by atoms with van der Waals surface area (Å²) < 4.78 is 0. The summed E-state index contributed by atoms with van der Waals surface area (Å²) in [7, 11) is 0. The average Bonchev–Trinajstić information content (AvgIpc) is 2.66. The van der Waals surface area contributed by atoms with Crippen LogP contribution in [0, 0.1) is 0 Å². The predicted octanol–water partition coefficient (Wildman–Crippen LogP) is 2.98. The van der Waals surface area contributed by atoms with Crippen molar-refractivity contribution < 1.29 is 9.90 Å². The Labute approximate surface area is 98.7 Å². The van der Waals surface area contributed by atoms with Crippen molar-refractivity contribution in [1.82, 2.24) is 4.98 Å². The van der Waals surface area contributed by atoms with Gasteiger partial charge in [0.15, 0.2) is 10.8 Å². The zero-order chi connectivity index (χ0) is 11.6. The Bertz CT molecular complexity index is 383. The molecule has 0 amide bonds. The first-order valence-corrected chi connectivity index (χ1v) is 6.44. The second-order valence-corrected chi connectivity index (χ2v) is 5.45. The number of carboxylic acids is 1. The third-order valence-electron chi connectivity index (χ3n) is 3.09. The van der Waals surface area contributed by atoms with E-state index in [0.29, 0.717) is 0 Å². The molecule has 16 heavy (non-hydrogen) atoms. The van der Waals surface area contributed by atoms with E-state index in [0.717, 1.165) is 18.0 Å². The van der Waals surface area contributed by atoms with Crippen LogP contribution in [0.4, 0.5) is 5.13 Å². The van der Waals surface area contributed by atoms with Crippen LogP contribution in [0.5, 0.6) is 0 Å². The van der Waals surface area contributed by atoms with Crippen LogP contribution in [0.3, 0.4) is 0 Å². The van der Waals surface area contributed by atoms with Crippen molar-refractivity contribution >= 4 is 22.4 Å². The molecule has 1 aromatic heterocycles. The molecule has 0 aliphatic heterocycles. The van der Waals surface area contributed by atoms with Crippen molar-refractivity contribution in [3.8, 4) is 0 Å². The van der Waals surface area contributed by atoms with Crippen molar-refractivity contribution in [3.63, 3.8) is 0 Å². The summed E-state index contributed by atoms with van der Waals surface area (Å²) in [6.07, 6.45) is 6.04. The fourth-order valence-corrected chi connectivity index (χ4v) is 2.98. The summed E-state index contributed by atoms with van der Waals surface area (Å²) in [6, 6.07) is 0. The normalized spacial score (nSPS) is 19.3. The van der Waals surface area contributed by atoms with Gasteiger partial charge in [-0.3, -0.25) is 0 Å². The molecule has 4 nitrogen and oxygen atoms in total. The van der Waals surface area contributed by atoms with E-state index in [2.05, 4.69) is 17.2 Å². The number of hydrogen-bond acceptors (Lipinski definition) is 4. The molecular formula is C11H16N2O2S. The monoisotopic (exact) mass is 240 g/mol. The molecule has 5 heteroatoms. The second-order valence-electron chi connectivity index (χ2n) is 4.59. The number of carboxylic acid groups (broad SMARTS) is 1. The van der Waals surface area contributed by atoms with Gasteiger partial charge in [-0.15, -0.1) is 11.3 Å². The van der Waals surface area contributed by atoms with E-state index in [-0.39, 0.29) is 11.2 Å².